The van der Waals surface area contributed by atoms with E-state index in [4.69, 9.17) is 5.73 Å². The van der Waals surface area contributed by atoms with Crippen LogP contribution in [0, 0.1) is 5.92 Å². The molecule has 0 aromatic heterocycles. The van der Waals surface area contributed by atoms with Gasteiger partial charge in [-0.3, -0.25) is 19.2 Å². The molecule has 31 heavy (non-hydrogen) atoms. The molecule has 0 spiro atoms. The molecular formula is C20H33N5O6. The van der Waals surface area contributed by atoms with Crippen molar-refractivity contribution in [1.82, 2.24) is 20.4 Å². The Bertz CT molecular complexity index is 712. The minimum atomic E-state index is -1.06. The lowest BCUT2D eigenvalue weighted by Gasteiger charge is -2.27. The van der Waals surface area contributed by atoms with Crippen molar-refractivity contribution < 1.29 is 29.1 Å². The van der Waals surface area contributed by atoms with E-state index in [0.717, 1.165) is 0 Å². The van der Waals surface area contributed by atoms with E-state index in [1.165, 1.54) is 9.80 Å². The van der Waals surface area contributed by atoms with Crippen molar-refractivity contribution in [2.75, 3.05) is 26.2 Å². The predicted molar refractivity (Wildman–Crippen MR) is 111 cm³/mol. The number of hydrogen-bond acceptors (Lipinski definition) is 6. The van der Waals surface area contributed by atoms with Crippen molar-refractivity contribution in [2.24, 2.45) is 11.7 Å². The third-order valence-electron chi connectivity index (χ3n) is 5.66. The molecule has 2 aliphatic rings. The molecule has 0 aromatic carbocycles. The Balaban J connectivity index is 1.97. The van der Waals surface area contributed by atoms with Crippen molar-refractivity contribution in [3.05, 3.63) is 0 Å². The highest BCUT2D eigenvalue weighted by Gasteiger charge is 2.36. The monoisotopic (exact) mass is 439 g/mol. The molecular weight excluding hydrogens is 406 g/mol. The van der Waals surface area contributed by atoms with Crippen molar-refractivity contribution >= 4 is 29.6 Å². The number of aliphatic carboxylic acids is 1. The van der Waals surface area contributed by atoms with Crippen LogP contribution in [0.5, 0.6) is 0 Å². The Labute approximate surface area is 181 Å². The van der Waals surface area contributed by atoms with Gasteiger partial charge < -0.3 is 31.3 Å². The summed E-state index contributed by atoms with van der Waals surface area (Å²) in [7, 11) is 0. The molecule has 3 atom stereocenters. The van der Waals surface area contributed by atoms with Gasteiger partial charge in [0.25, 0.3) is 0 Å². The predicted octanol–water partition coefficient (Wildman–Crippen LogP) is -1.34. The van der Waals surface area contributed by atoms with Gasteiger partial charge in [0.1, 0.15) is 18.1 Å². The molecule has 4 amide bonds. The first-order chi connectivity index (χ1) is 14.6. The zero-order chi connectivity index (χ0) is 23.1. The first kappa shape index (κ1) is 24.6. The fourth-order valence-electron chi connectivity index (χ4n) is 4.14. The van der Waals surface area contributed by atoms with Gasteiger partial charge in [-0.25, -0.2) is 4.79 Å². The molecule has 2 rings (SSSR count). The van der Waals surface area contributed by atoms with Crippen LogP contribution in [0.25, 0.3) is 0 Å². The van der Waals surface area contributed by atoms with Crippen molar-refractivity contribution in [2.45, 2.75) is 64.1 Å². The Hall–Kier alpha value is -2.69. The van der Waals surface area contributed by atoms with Gasteiger partial charge in [-0.1, -0.05) is 13.8 Å². The van der Waals surface area contributed by atoms with Gasteiger partial charge >= 0.3 is 5.97 Å². The number of carboxylic acid groups (broad SMARTS) is 1. The summed E-state index contributed by atoms with van der Waals surface area (Å²) < 4.78 is 0. The van der Waals surface area contributed by atoms with Gasteiger partial charge in [0.05, 0.1) is 13.1 Å². The second-order valence-corrected chi connectivity index (χ2v) is 8.44. The molecule has 2 heterocycles. The minimum absolute atomic E-state index is 0.0899. The van der Waals surface area contributed by atoms with Crippen molar-refractivity contribution in [3.63, 3.8) is 0 Å². The lowest BCUT2D eigenvalue weighted by Crippen LogP contribution is -2.55. The minimum Gasteiger partial charge on any atom is -0.480 e. The number of hydrogen-bond donors (Lipinski definition) is 4. The fourth-order valence-corrected chi connectivity index (χ4v) is 4.14. The fraction of sp³-hybridized carbons (Fsp3) is 0.750. The molecule has 5 N–H and O–H groups in total. The molecule has 0 aromatic rings. The van der Waals surface area contributed by atoms with Crippen LogP contribution in [0.15, 0.2) is 0 Å². The van der Waals surface area contributed by atoms with Crippen LogP contribution < -0.4 is 16.4 Å². The van der Waals surface area contributed by atoms with Gasteiger partial charge in [0.2, 0.25) is 23.6 Å². The molecule has 2 aliphatic heterocycles. The number of nitrogens with zero attached hydrogens (tertiary/aromatic N) is 2. The lowest BCUT2D eigenvalue weighted by molar-refractivity contribution is -0.148. The standard InChI is InChI=1S/C20H33N5O6/c1-12(2)9-13(23-19(29)14-5-3-7-24(14)16(26)10-21)18(28)22-11-17(27)25-8-4-6-15(25)20(30)31/h12-15H,3-11,21H2,1-2H3,(H,22,28)(H,23,29)(H,30,31). The van der Waals surface area contributed by atoms with Gasteiger partial charge in [0.15, 0.2) is 0 Å². The number of nitrogens with one attached hydrogen (secondary N) is 2. The van der Waals surface area contributed by atoms with Crippen LogP contribution in [0.4, 0.5) is 0 Å². The summed E-state index contributed by atoms with van der Waals surface area (Å²) in [5.41, 5.74) is 5.42. The SMILES string of the molecule is CC(C)CC(NC(=O)C1CCCN1C(=O)CN)C(=O)NCC(=O)N1CCCC1C(=O)O. The van der Waals surface area contributed by atoms with E-state index in [0.29, 0.717) is 45.2 Å². The van der Waals surface area contributed by atoms with Gasteiger partial charge in [-0.05, 0) is 38.0 Å². The number of carbonyl (C=O) groups is 5. The molecule has 0 saturated carbocycles. The molecule has 0 aliphatic carbocycles. The second-order valence-electron chi connectivity index (χ2n) is 8.44. The first-order valence-corrected chi connectivity index (χ1v) is 10.8. The van der Waals surface area contributed by atoms with E-state index in [-0.39, 0.29) is 24.9 Å². The topological polar surface area (TPSA) is 162 Å². The quantitative estimate of drug-likeness (QED) is 0.345. The summed E-state index contributed by atoms with van der Waals surface area (Å²) in [5.74, 6) is -2.69. The molecule has 2 fully saturated rings. The van der Waals surface area contributed by atoms with Gasteiger partial charge in [0, 0.05) is 13.1 Å². The van der Waals surface area contributed by atoms with E-state index >= 15 is 0 Å². The summed E-state index contributed by atoms with van der Waals surface area (Å²) in [6.07, 6.45) is 2.52. The number of carbonyl (C=O) groups excluding carboxylic acids is 4. The molecule has 2 saturated heterocycles. The molecule has 0 bridgehead atoms. The maximum absolute atomic E-state index is 12.8. The number of nitrogens with two attached hydrogens (primary N) is 1. The van der Waals surface area contributed by atoms with Gasteiger partial charge in [-0.2, -0.15) is 0 Å². The largest absolute Gasteiger partial charge is 0.480 e. The Morgan fingerprint density at radius 3 is 2.13 bits per heavy atom. The average Bonchev–Trinajstić information content (AvgIpc) is 3.39. The summed E-state index contributed by atoms with van der Waals surface area (Å²) >= 11 is 0. The van der Waals surface area contributed by atoms with E-state index in [2.05, 4.69) is 10.6 Å². The molecule has 174 valence electrons. The summed E-state index contributed by atoms with van der Waals surface area (Å²) in [5, 5.41) is 14.5. The van der Waals surface area contributed by atoms with Crippen LogP contribution in [0.2, 0.25) is 0 Å². The number of likely N-dealkylation sites (tertiary alicyclic amines) is 2. The summed E-state index contributed by atoms with van der Waals surface area (Å²) in [6, 6.07) is -2.41. The van der Waals surface area contributed by atoms with E-state index < -0.39 is 41.8 Å². The smallest absolute Gasteiger partial charge is 0.326 e. The number of carboxylic acids is 1. The highest BCUT2D eigenvalue weighted by atomic mass is 16.4. The van der Waals surface area contributed by atoms with Crippen LogP contribution in [-0.2, 0) is 24.0 Å². The lowest BCUT2D eigenvalue weighted by atomic mass is 10.0. The molecule has 3 unspecified atom stereocenters. The van der Waals surface area contributed by atoms with Crippen molar-refractivity contribution in [1.29, 1.82) is 0 Å². The number of rotatable bonds is 9. The second kappa shape index (κ2) is 11.1. The molecule has 11 nitrogen and oxygen atoms in total. The van der Waals surface area contributed by atoms with Crippen molar-refractivity contribution in [3.8, 4) is 0 Å². The highest BCUT2D eigenvalue weighted by molar-refractivity contribution is 5.94. The Morgan fingerprint density at radius 2 is 1.58 bits per heavy atom. The van der Waals surface area contributed by atoms with Crippen LogP contribution in [0.1, 0.15) is 46.0 Å². The third-order valence-corrected chi connectivity index (χ3v) is 5.66. The average molecular weight is 440 g/mol. The Kier molecular flexibility index (Phi) is 8.78. The first-order valence-electron chi connectivity index (χ1n) is 10.8. The maximum Gasteiger partial charge on any atom is 0.326 e. The molecule has 0 radical (unpaired) electrons. The maximum atomic E-state index is 12.8. The van der Waals surface area contributed by atoms with Gasteiger partial charge in [-0.15, -0.1) is 0 Å². The van der Waals surface area contributed by atoms with E-state index in [1.807, 2.05) is 13.8 Å². The highest BCUT2D eigenvalue weighted by Crippen LogP contribution is 2.19. The summed E-state index contributed by atoms with van der Waals surface area (Å²) in [4.78, 5) is 63.8. The van der Waals surface area contributed by atoms with Crippen LogP contribution >= 0.6 is 0 Å². The van der Waals surface area contributed by atoms with Crippen LogP contribution in [0.3, 0.4) is 0 Å². The zero-order valence-corrected chi connectivity index (χ0v) is 18.1. The van der Waals surface area contributed by atoms with Crippen LogP contribution in [-0.4, -0.2) is 88.8 Å². The molecule has 11 heteroatoms. The van der Waals surface area contributed by atoms with E-state index in [1.54, 1.807) is 0 Å². The zero-order valence-electron chi connectivity index (χ0n) is 18.1. The summed E-state index contributed by atoms with van der Waals surface area (Å²) in [6.45, 7) is 4.07. The number of amides is 4. The Morgan fingerprint density at radius 1 is 1.00 bits per heavy atom. The normalized spacial score (nSPS) is 21.8. The third kappa shape index (κ3) is 6.39. The van der Waals surface area contributed by atoms with E-state index in [9.17, 15) is 29.1 Å².